The van der Waals surface area contributed by atoms with Gasteiger partial charge in [-0.15, -0.1) is 0 Å². The van der Waals surface area contributed by atoms with Crippen LogP contribution in [0.2, 0.25) is 0 Å². The third-order valence-electron chi connectivity index (χ3n) is 1.25. The first-order chi connectivity index (χ1) is 4.42. The minimum Gasteiger partial charge on any atom is -0.479 e. The fourth-order valence-corrected chi connectivity index (χ4v) is 0.320. The average molecular weight is 150 g/mol. The number of hydrogen-bond donors (Lipinski definition) is 4. The lowest BCUT2D eigenvalue weighted by molar-refractivity contribution is -0.171. The largest absolute Gasteiger partial charge is 0.479 e. The van der Waals surface area contributed by atoms with Crippen molar-refractivity contribution < 1.29 is 25.2 Å². The zero-order valence-electron chi connectivity index (χ0n) is 5.48. The molecule has 5 heteroatoms. The lowest BCUT2D eigenvalue weighted by Crippen LogP contribution is -2.48. The van der Waals surface area contributed by atoms with Crippen LogP contribution >= 0.6 is 0 Å². The monoisotopic (exact) mass is 150 g/mol. The van der Waals surface area contributed by atoms with Crippen molar-refractivity contribution in [1.29, 1.82) is 0 Å². The highest BCUT2D eigenvalue weighted by Crippen LogP contribution is 2.08. The number of aliphatic hydroxyl groups is 3. The van der Waals surface area contributed by atoms with E-state index >= 15 is 0 Å². The van der Waals surface area contributed by atoms with Crippen molar-refractivity contribution in [3.63, 3.8) is 0 Å². The van der Waals surface area contributed by atoms with Gasteiger partial charge < -0.3 is 20.4 Å². The van der Waals surface area contributed by atoms with Crippen molar-refractivity contribution in [2.24, 2.45) is 0 Å². The summed E-state index contributed by atoms with van der Waals surface area (Å²) in [6, 6.07) is 0. The fourth-order valence-electron chi connectivity index (χ4n) is 0.320. The molecule has 0 rings (SSSR count). The molecule has 0 aliphatic rings. The highest BCUT2D eigenvalue weighted by atomic mass is 16.4. The summed E-state index contributed by atoms with van der Waals surface area (Å²) in [4.78, 5) is 10.1. The van der Waals surface area contributed by atoms with Crippen LogP contribution in [0.1, 0.15) is 6.92 Å². The minimum absolute atomic E-state index is 0.778. The van der Waals surface area contributed by atoms with Gasteiger partial charge in [0.25, 0.3) is 0 Å². The molecule has 1 unspecified atom stereocenters. The minimum atomic E-state index is -2.27. The first-order valence-corrected chi connectivity index (χ1v) is 2.67. The highest BCUT2D eigenvalue weighted by molar-refractivity contribution is 5.77. The fraction of sp³-hybridized carbons (Fsp3) is 0.800. The van der Waals surface area contributed by atoms with Gasteiger partial charge in [0, 0.05) is 0 Å². The molecule has 0 amide bonds. The van der Waals surface area contributed by atoms with E-state index in [1.54, 1.807) is 0 Å². The number of aliphatic hydroxyl groups excluding tert-OH is 2. The lowest BCUT2D eigenvalue weighted by atomic mass is 10.0. The van der Waals surface area contributed by atoms with Gasteiger partial charge in [0.05, 0.1) is 6.61 Å². The van der Waals surface area contributed by atoms with Crippen molar-refractivity contribution in [3.8, 4) is 0 Å². The summed E-state index contributed by atoms with van der Waals surface area (Å²) in [6.45, 7) is 0.134. The Morgan fingerprint density at radius 3 is 2.20 bits per heavy atom. The summed E-state index contributed by atoms with van der Waals surface area (Å²) < 4.78 is 0. The van der Waals surface area contributed by atoms with Crippen LogP contribution in [-0.4, -0.2) is 44.7 Å². The summed E-state index contributed by atoms with van der Waals surface area (Å²) >= 11 is 0. The standard InChI is InChI=1S/C5H10O5/c1-5(10,4(8)9)3(7)2-6/h3,6-7,10H,2H2,1H3,(H,8,9)/t3-,5?/m1/s1. The second kappa shape index (κ2) is 2.96. The number of carboxylic acids is 1. The Morgan fingerprint density at radius 1 is 1.70 bits per heavy atom. The van der Waals surface area contributed by atoms with Crippen molar-refractivity contribution >= 4 is 5.97 Å². The number of hydrogen-bond acceptors (Lipinski definition) is 4. The zero-order valence-corrected chi connectivity index (χ0v) is 5.48. The lowest BCUT2D eigenvalue weighted by Gasteiger charge is -2.22. The number of aliphatic carboxylic acids is 1. The molecule has 10 heavy (non-hydrogen) atoms. The molecule has 5 nitrogen and oxygen atoms in total. The number of carboxylic acid groups (broad SMARTS) is 1. The topological polar surface area (TPSA) is 98.0 Å². The van der Waals surface area contributed by atoms with E-state index in [4.69, 9.17) is 20.4 Å². The second-order valence-electron chi connectivity index (χ2n) is 2.15. The molecule has 0 saturated heterocycles. The van der Waals surface area contributed by atoms with Gasteiger partial charge in [-0.05, 0) is 6.92 Å². The summed E-state index contributed by atoms with van der Waals surface area (Å²) in [5.74, 6) is -1.56. The smallest absolute Gasteiger partial charge is 0.338 e. The van der Waals surface area contributed by atoms with E-state index in [-0.39, 0.29) is 0 Å². The third-order valence-corrected chi connectivity index (χ3v) is 1.25. The predicted octanol–water partition coefficient (Wildman–Crippen LogP) is -1.82. The van der Waals surface area contributed by atoms with Gasteiger partial charge in [0.2, 0.25) is 0 Å². The van der Waals surface area contributed by atoms with Gasteiger partial charge in [-0.1, -0.05) is 0 Å². The van der Waals surface area contributed by atoms with E-state index in [0.29, 0.717) is 0 Å². The molecule has 0 aromatic heterocycles. The Bertz CT molecular complexity index is 130. The zero-order chi connectivity index (χ0) is 8.36. The van der Waals surface area contributed by atoms with Crippen LogP contribution in [0.4, 0.5) is 0 Å². The molecule has 0 aromatic carbocycles. The van der Waals surface area contributed by atoms with E-state index in [9.17, 15) is 4.79 Å². The summed E-state index contributed by atoms with van der Waals surface area (Å²) in [7, 11) is 0. The molecule has 0 bridgehead atoms. The summed E-state index contributed by atoms with van der Waals surface area (Å²) in [6.07, 6.45) is -1.65. The van der Waals surface area contributed by atoms with E-state index in [1.165, 1.54) is 0 Å². The van der Waals surface area contributed by atoms with E-state index in [1.807, 2.05) is 0 Å². The Balaban J connectivity index is 4.23. The Labute approximate surface area is 57.5 Å². The molecule has 4 N–H and O–H groups in total. The molecule has 0 saturated carbocycles. The Morgan fingerprint density at radius 2 is 2.10 bits per heavy atom. The van der Waals surface area contributed by atoms with Gasteiger partial charge in [-0.2, -0.15) is 0 Å². The van der Waals surface area contributed by atoms with Crippen LogP contribution in [0, 0.1) is 0 Å². The van der Waals surface area contributed by atoms with E-state index < -0.39 is 24.3 Å². The molecule has 2 atom stereocenters. The maximum atomic E-state index is 10.1. The van der Waals surface area contributed by atoms with Gasteiger partial charge in [0.15, 0.2) is 5.60 Å². The molecule has 0 aliphatic heterocycles. The first kappa shape index (κ1) is 9.35. The van der Waals surface area contributed by atoms with Gasteiger partial charge in [-0.25, -0.2) is 4.79 Å². The van der Waals surface area contributed by atoms with Crippen LogP contribution < -0.4 is 0 Å². The van der Waals surface area contributed by atoms with Gasteiger partial charge in [0.1, 0.15) is 6.10 Å². The molecule has 0 fully saturated rings. The second-order valence-corrected chi connectivity index (χ2v) is 2.15. The van der Waals surface area contributed by atoms with E-state index in [0.717, 1.165) is 6.92 Å². The number of carbonyl (C=O) groups is 1. The normalized spacial score (nSPS) is 19.6. The molecule has 0 radical (unpaired) electrons. The van der Waals surface area contributed by atoms with Crippen LogP contribution in [-0.2, 0) is 4.79 Å². The average Bonchev–Trinajstić information content (AvgIpc) is 1.86. The van der Waals surface area contributed by atoms with Gasteiger partial charge >= 0.3 is 5.97 Å². The molecular weight excluding hydrogens is 140 g/mol. The molecule has 0 spiro atoms. The predicted molar refractivity (Wildman–Crippen MR) is 31.4 cm³/mol. The molecule has 0 heterocycles. The maximum absolute atomic E-state index is 10.1. The molecule has 0 aromatic rings. The molecular formula is C5H10O5. The third kappa shape index (κ3) is 1.66. The number of rotatable bonds is 3. The van der Waals surface area contributed by atoms with Crippen LogP contribution in [0.25, 0.3) is 0 Å². The summed E-state index contributed by atoms with van der Waals surface area (Å²) in [5, 5.41) is 34.0. The quantitative estimate of drug-likeness (QED) is 0.379. The maximum Gasteiger partial charge on any atom is 0.338 e. The van der Waals surface area contributed by atoms with Crippen LogP contribution in [0.3, 0.4) is 0 Å². The summed E-state index contributed by atoms with van der Waals surface area (Å²) in [5.41, 5.74) is -2.27. The Kier molecular flexibility index (Phi) is 2.77. The van der Waals surface area contributed by atoms with Crippen molar-refractivity contribution in [2.75, 3.05) is 6.61 Å². The highest BCUT2D eigenvalue weighted by Gasteiger charge is 2.37. The molecule has 60 valence electrons. The van der Waals surface area contributed by atoms with Gasteiger partial charge in [-0.3, -0.25) is 0 Å². The first-order valence-electron chi connectivity index (χ1n) is 2.67. The van der Waals surface area contributed by atoms with Crippen LogP contribution in [0.15, 0.2) is 0 Å². The van der Waals surface area contributed by atoms with Crippen molar-refractivity contribution in [1.82, 2.24) is 0 Å². The Hall–Kier alpha value is -0.650. The molecule has 0 aliphatic carbocycles. The SMILES string of the molecule is CC(O)(C(=O)O)[C@H](O)CO. The van der Waals surface area contributed by atoms with Crippen LogP contribution in [0.5, 0.6) is 0 Å². The van der Waals surface area contributed by atoms with Crippen molar-refractivity contribution in [2.45, 2.75) is 18.6 Å². The van der Waals surface area contributed by atoms with Crippen molar-refractivity contribution in [3.05, 3.63) is 0 Å². The van der Waals surface area contributed by atoms with E-state index in [2.05, 4.69) is 0 Å².